The number of ether oxygens (including phenoxy) is 7. The molecule has 2 amide bonds. The number of carboxylic acid groups (broad SMARTS) is 1. The van der Waals surface area contributed by atoms with Crippen LogP contribution in [0, 0.1) is 0 Å². The standard InChI is InChI=1S/C39H66N2O12/c42-36(16-12-7-5-3-1-2-4-6-8-13-17-39(46)53-34-35-14-10-9-11-15-35)40-20-24-49-28-32-51-30-26-47-22-18-37(43)41-21-25-50-29-33-52-31-27-48-23-19-38(44)45/h9-11,14-15H,1-8,12-13,16-34H2,(H,40,42)(H,41,43)(H,44,45). The fourth-order valence-corrected chi connectivity index (χ4v) is 4.89. The first kappa shape index (κ1) is 47.9. The van der Waals surface area contributed by atoms with E-state index in [0.717, 1.165) is 44.1 Å². The predicted octanol–water partition coefficient (Wildman–Crippen LogP) is 4.61. The maximum absolute atomic E-state index is 12.0. The van der Waals surface area contributed by atoms with Gasteiger partial charge in [-0.15, -0.1) is 0 Å². The van der Waals surface area contributed by atoms with Crippen LogP contribution in [0.1, 0.15) is 95.5 Å². The van der Waals surface area contributed by atoms with Gasteiger partial charge in [0.25, 0.3) is 0 Å². The highest BCUT2D eigenvalue weighted by Gasteiger charge is 2.05. The van der Waals surface area contributed by atoms with E-state index in [2.05, 4.69) is 10.6 Å². The summed E-state index contributed by atoms with van der Waals surface area (Å²) < 4.78 is 37.5. The van der Waals surface area contributed by atoms with Crippen LogP contribution in [0.25, 0.3) is 0 Å². The largest absolute Gasteiger partial charge is 0.481 e. The summed E-state index contributed by atoms with van der Waals surface area (Å²) >= 11 is 0. The summed E-state index contributed by atoms with van der Waals surface area (Å²) in [6, 6.07) is 9.75. The highest BCUT2D eigenvalue weighted by Crippen LogP contribution is 2.12. The fraction of sp³-hybridized carbons (Fsp3) is 0.744. The number of hydrogen-bond donors (Lipinski definition) is 3. The maximum atomic E-state index is 12.0. The number of nitrogens with one attached hydrogen (secondary N) is 2. The highest BCUT2D eigenvalue weighted by molar-refractivity contribution is 5.76. The Hall–Kier alpha value is -3.14. The Bertz CT molecular complexity index is 1030. The molecule has 0 aromatic heterocycles. The molecular weight excluding hydrogens is 688 g/mol. The van der Waals surface area contributed by atoms with Crippen LogP contribution in [0.5, 0.6) is 0 Å². The van der Waals surface area contributed by atoms with Gasteiger partial charge in [0.05, 0.1) is 85.7 Å². The van der Waals surface area contributed by atoms with Gasteiger partial charge in [0.2, 0.25) is 11.8 Å². The average Bonchev–Trinajstić information content (AvgIpc) is 3.15. The van der Waals surface area contributed by atoms with Gasteiger partial charge in [0, 0.05) is 32.4 Å². The first-order valence-corrected chi connectivity index (χ1v) is 19.4. The van der Waals surface area contributed by atoms with Gasteiger partial charge in [-0.2, -0.15) is 0 Å². The molecule has 0 unspecified atom stereocenters. The van der Waals surface area contributed by atoms with E-state index in [0.29, 0.717) is 105 Å². The van der Waals surface area contributed by atoms with Crippen molar-refractivity contribution in [3.63, 3.8) is 0 Å². The maximum Gasteiger partial charge on any atom is 0.306 e. The van der Waals surface area contributed by atoms with Crippen molar-refractivity contribution in [1.82, 2.24) is 10.6 Å². The van der Waals surface area contributed by atoms with Crippen molar-refractivity contribution >= 4 is 23.8 Å². The molecule has 304 valence electrons. The van der Waals surface area contributed by atoms with Crippen LogP contribution in [0.4, 0.5) is 0 Å². The Morgan fingerprint density at radius 3 is 1.34 bits per heavy atom. The van der Waals surface area contributed by atoms with Gasteiger partial charge in [0.1, 0.15) is 6.61 Å². The third-order valence-corrected chi connectivity index (χ3v) is 7.84. The van der Waals surface area contributed by atoms with E-state index in [1.807, 2.05) is 30.3 Å². The lowest BCUT2D eigenvalue weighted by Crippen LogP contribution is -2.28. The first-order chi connectivity index (χ1) is 26.0. The summed E-state index contributed by atoms with van der Waals surface area (Å²) in [6.07, 6.45) is 12.3. The minimum absolute atomic E-state index is 0.0243. The van der Waals surface area contributed by atoms with Gasteiger partial charge in [-0.25, -0.2) is 0 Å². The number of unbranched alkanes of at least 4 members (excludes halogenated alkanes) is 9. The topological polar surface area (TPSA) is 177 Å². The van der Waals surface area contributed by atoms with Gasteiger partial charge < -0.3 is 48.9 Å². The summed E-state index contributed by atoms with van der Waals surface area (Å²) in [5, 5.41) is 14.2. The van der Waals surface area contributed by atoms with E-state index in [4.69, 9.17) is 38.3 Å². The van der Waals surface area contributed by atoms with Gasteiger partial charge in [-0.1, -0.05) is 81.7 Å². The number of esters is 1. The summed E-state index contributed by atoms with van der Waals surface area (Å²) in [4.78, 5) is 46.1. The molecule has 0 spiro atoms. The van der Waals surface area contributed by atoms with E-state index >= 15 is 0 Å². The zero-order chi connectivity index (χ0) is 38.3. The van der Waals surface area contributed by atoms with Crippen LogP contribution in [0.3, 0.4) is 0 Å². The second-order valence-electron chi connectivity index (χ2n) is 12.4. The van der Waals surface area contributed by atoms with E-state index in [1.54, 1.807) is 0 Å². The Kier molecular flexibility index (Phi) is 33.6. The zero-order valence-electron chi connectivity index (χ0n) is 31.8. The molecule has 0 saturated carbocycles. The second-order valence-corrected chi connectivity index (χ2v) is 12.4. The van der Waals surface area contributed by atoms with Crippen LogP contribution in [-0.4, -0.2) is 121 Å². The third-order valence-electron chi connectivity index (χ3n) is 7.84. The zero-order valence-corrected chi connectivity index (χ0v) is 31.8. The molecule has 0 fully saturated rings. The lowest BCUT2D eigenvalue weighted by Gasteiger charge is -2.09. The monoisotopic (exact) mass is 754 g/mol. The number of rotatable bonds is 39. The van der Waals surface area contributed by atoms with Crippen molar-refractivity contribution in [2.24, 2.45) is 0 Å². The fourth-order valence-electron chi connectivity index (χ4n) is 4.89. The first-order valence-electron chi connectivity index (χ1n) is 19.4. The van der Waals surface area contributed by atoms with Crippen LogP contribution >= 0.6 is 0 Å². The lowest BCUT2D eigenvalue weighted by atomic mass is 10.1. The van der Waals surface area contributed by atoms with E-state index in [-0.39, 0.29) is 37.2 Å². The van der Waals surface area contributed by atoms with Gasteiger partial charge in [-0.05, 0) is 18.4 Å². The van der Waals surface area contributed by atoms with Crippen molar-refractivity contribution in [2.45, 2.75) is 96.5 Å². The Labute approximate surface area is 316 Å². The van der Waals surface area contributed by atoms with E-state index < -0.39 is 5.97 Å². The molecule has 0 atom stereocenters. The average molecular weight is 755 g/mol. The summed E-state index contributed by atoms with van der Waals surface area (Å²) in [6.45, 7) is 5.62. The smallest absolute Gasteiger partial charge is 0.306 e. The molecule has 0 radical (unpaired) electrons. The summed E-state index contributed by atoms with van der Waals surface area (Å²) in [5.74, 6) is -1.07. The molecular formula is C39H66N2O12. The Morgan fingerprint density at radius 2 is 0.849 bits per heavy atom. The van der Waals surface area contributed by atoms with Crippen molar-refractivity contribution in [3.8, 4) is 0 Å². The molecule has 14 heteroatoms. The van der Waals surface area contributed by atoms with Gasteiger partial charge in [0.15, 0.2) is 0 Å². The number of carboxylic acids is 1. The quantitative estimate of drug-likeness (QED) is 0.0630. The predicted molar refractivity (Wildman–Crippen MR) is 199 cm³/mol. The van der Waals surface area contributed by atoms with Crippen LogP contribution in [-0.2, 0) is 58.9 Å². The molecule has 14 nitrogen and oxygen atoms in total. The SMILES string of the molecule is O=C(O)CCOCCOCCOCCNC(=O)CCOCCOCCOCCNC(=O)CCCCCCCCCCCCC(=O)OCc1ccccc1. The molecule has 1 aromatic carbocycles. The van der Waals surface area contributed by atoms with Crippen LogP contribution < -0.4 is 10.6 Å². The molecule has 1 rings (SSSR count). The molecule has 0 aliphatic carbocycles. The van der Waals surface area contributed by atoms with Crippen molar-refractivity contribution < 1.29 is 57.4 Å². The molecule has 53 heavy (non-hydrogen) atoms. The number of hydrogen-bond acceptors (Lipinski definition) is 11. The Balaban J connectivity index is 1.72. The van der Waals surface area contributed by atoms with Crippen molar-refractivity contribution in [3.05, 3.63) is 35.9 Å². The van der Waals surface area contributed by atoms with Gasteiger partial charge >= 0.3 is 11.9 Å². The van der Waals surface area contributed by atoms with Crippen LogP contribution in [0.2, 0.25) is 0 Å². The normalized spacial score (nSPS) is 11.0. The minimum atomic E-state index is -0.892. The molecule has 0 bridgehead atoms. The second kappa shape index (κ2) is 37.2. The summed E-state index contributed by atoms with van der Waals surface area (Å²) in [5.41, 5.74) is 1.02. The molecule has 0 aliphatic rings. The number of carbonyl (C=O) groups is 4. The molecule has 3 N–H and O–H groups in total. The van der Waals surface area contributed by atoms with Crippen molar-refractivity contribution in [2.75, 3.05) is 92.4 Å². The third kappa shape index (κ3) is 35.6. The number of aliphatic carboxylic acids is 1. The lowest BCUT2D eigenvalue weighted by molar-refractivity contribution is -0.145. The van der Waals surface area contributed by atoms with Gasteiger partial charge in [-0.3, -0.25) is 19.2 Å². The van der Waals surface area contributed by atoms with E-state index in [1.165, 1.54) is 25.7 Å². The van der Waals surface area contributed by atoms with Crippen LogP contribution in [0.15, 0.2) is 30.3 Å². The molecule has 0 aliphatic heterocycles. The highest BCUT2D eigenvalue weighted by atomic mass is 16.6. The number of amides is 2. The number of carbonyl (C=O) groups excluding carboxylic acids is 3. The Morgan fingerprint density at radius 1 is 0.453 bits per heavy atom. The van der Waals surface area contributed by atoms with E-state index in [9.17, 15) is 19.2 Å². The summed E-state index contributed by atoms with van der Waals surface area (Å²) in [7, 11) is 0. The molecule has 0 heterocycles. The molecule has 1 aromatic rings. The number of benzene rings is 1. The van der Waals surface area contributed by atoms with Crippen molar-refractivity contribution in [1.29, 1.82) is 0 Å². The minimum Gasteiger partial charge on any atom is -0.481 e. The molecule has 0 saturated heterocycles.